The first-order valence-corrected chi connectivity index (χ1v) is 24.8. The van der Waals surface area contributed by atoms with E-state index >= 15 is 0 Å². The number of nitro benzene ring substituents is 1. The third kappa shape index (κ3) is 9.82. The van der Waals surface area contributed by atoms with E-state index in [2.05, 4.69) is 57.4 Å². The molecule has 1 amide bonds. The molecule has 10 rings (SSSR count). The molecular weight excluding hydrogens is 1030 g/mol. The second-order valence-corrected chi connectivity index (χ2v) is 21.5. The molecule has 7 aromatic rings. The summed E-state index contributed by atoms with van der Waals surface area (Å²) < 4.78 is 17.1. The lowest BCUT2D eigenvalue weighted by atomic mass is 9.97. The van der Waals surface area contributed by atoms with Crippen molar-refractivity contribution < 1.29 is 23.7 Å². The van der Waals surface area contributed by atoms with Crippen molar-refractivity contribution in [3.8, 4) is 5.69 Å². The second kappa shape index (κ2) is 20.6. The van der Waals surface area contributed by atoms with E-state index in [1.807, 2.05) is 96.4 Å². The van der Waals surface area contributed by atoms with Gasteiger partial charge < -0.3 is 5.11 Å². The predicted octanol–water partition coefficient (Wildman–Crippen LogP) is 11.1. The molecule has 3 aliphatic heterocycles. The number of non-ortho nitro benzene ring substituents is 1. The Hall–Kier alpha value is -6.53. The van der Waals surface area contributed by atoms with Crippen molar-refractivity contribution in [2.45, 2.75) is 32.3 Å². The molecule has 0 saturated heterocycles. The van der Waals surface area contributed by atoms with Crippen LogP contribution in [-0.4, -0.2) is 120 Å². The summed E-state index contributed by atoms with van der Waals surface area (Å²) in [5, 5.41) is 33.4. The number of carbonyl (C=O) groups is 1. The average Bonchev–Trinajstić information content (AvgIpc) is 3.56. The summed E-state index contributed by atoms with van der Waals surface area (Å²) in [6, 6.07) is 37.1. The fourth-order valence-corrected chi connectivity index (χ4v) is 10.4. The van der Waals surface area contributed by atoms with Crippen molar-refractivity contribution in [2.24, 2.45) is 15.0 Å². The summed E-state index contributed by atoms with van der Waals surface area (Å²) in [4.78, 5) is 36.8. The maximum absolute atomic E-state index is 14.2. The zero-order chi connectivity index (χ0) is 53.7. The minimum Gasteiger partial charge on any atom is -0.362 e. The molecule has 19 heteroatoms. The van der Waals surface area contributed by atoms with Gasteiger partial charge in [0.25, 0.3) is 17.6 Å². The molecule has 0 aliphatic carbocycles. The van der Waals surface area contributed by atoms with Gasteiger partial charge in [0.1, 0.15) is 29.6 Å². The molecule has 1 N–H and O–H groups in total. The van der Waals surface area contributed by atoms with Gasteiger partial charge in [0.15, 0.2) is 12.4 Å². The van der Waals surface area contributed by atoms with Crippen LogP contribution in [0.15, 0.2) is 142 Å². The monoisotopic (exact) mass is 1080 g/mol. The maximum Gasteiger partial charge on any atom is 0.339 e. The number of nitro groups is 1. The number of rotatable bonds is 5. The Bertz CT molecular complexity index is 3480. The average molecular weight is 1080 g/mol. The molecule has 1 aromatic heterocycles. The first kappa shape index (κ1) is 53.8. The smallest absolute Gasteiger partial charge is 0.339 e. The van der Waals surface area contributed by atoms with E-state index in [1.165, 1.54) is 24.3 Å². The van der Waals surface area contributed by atoms with Crippen LogP contribution >= 0.6 is 46.4 Å². The largest absolute Gasteiger partial charge is 0.362 e. The highest BCUT2D eigenvalue weighted by molar-refractivity contribution is 6.37. The van der Waals surface area contributed by atoms with Gasteiger partial charge in [0.05, 0.1) is 95.1 Å². The zero-order valence-electron chi connectivity index (χ0n) is 42.1. The van der Waals surface area contributed by atoms with Crippen molar-refractivity contribution in [1.82, 2.24) is 23.7 Å². The van der Waals surface area contributed by atoms with Gasteiger partial charge in [-0.1, -0.05) is 94.9 Å². The number of hydrogen-bond acceptors (Lipinski definition) is 9. The second-order valence-electron chi connectivity index (χ2n) is 19.8. The summed E-state index contributed by atoms with van der Waals surface area (Å²) in [5.74, 6) is 0.942. The van der Waals surface area contributed by atoms with Crippen molar-refractivity contribution in [3.05, 3.63) is 208 Å². The van der Waals surface area contributed by atoms with Gasteiger partial charge in [-0.3, -0.25) is 29.1 Å². The highest BCUT2D eigenvalue weighted by Gasteiger charge is 2.61. The lowest BCUT2D eigenvalue weighted by Crippen LogP contribution is -2.77. The molecule has 0 spiro atoms. The van der Waals surface area contributed by atoms with Gasteiger partial charge >= 0.3 is 5.91 Å². The minimum absolute atomic E-state index is 0.116. The van der Waals surface area contributed by atoms with Gasteiger partial charge in [-0.2, -0.15) is 0 Å². The summed E-state index contributed by atoms with van der Waals surface area (Å²) >= 11 is 25.5. The molecule has 380 valence electrons. The van der Waals surface area contributed by atoms with Gasteiger partial charge in [0, 0.05) is 66.6 Å². The molecule has 2 atom stereocenters. The predicted molar refractivity (Wildman–Crippen MR) is 295 cm³/mol. The molecule has 6 aromatic carbocycles. The maximum atomic E-state index is 14.2. The zero-order valence-corrected chi connectivity index (χ0v) is 45.2. The van der Waals surface area contributed by atoms with Gasteiger partial charge in [-0.05, 0) is 61.5 Å². The first-order chi connectivity index (χ1) is 34.9. The van der Waals surface area contributed by atoms with E-state index in [0.29, 0.717) is 52.6 Å². The van der Waals surface area contributed by atoms with Crippen LogP contribution in [0.25, 0.3) is 5.69 Å². The number of quaternary nitrogens is 3. The minimum atomic E-state index is -0.954. The summed E-state index contributed by atoms with van der Waals surface area (Å²) in [6.45, 7) is 4.30. The topological polar surface area (TPSA) is 148 Å². The Morgan fingerprint density at radius 1 is 0.689 bits per heavy atom. The normalized spacial score (nSPS) is 18.3. The number of aliphatic hydroxyl groups is 1. The summed E-state index contributed by atoms with van der Waals surface area (Å²) in [6.07, 6.45) is -0.954. The molecule has 0 radical (unpaired) electrons. The van der Waals surface area contributed by atoms with Gasteiger partial charge in [0.2, 0.25) is 0 Å². The van der Waals surface area contributed by atoms with E-state index in [4.69, 9.17) is 56.4 Å². The van der Waals surface area contributed by atoms with Crippen LogP contribution in [-0.2, 0) is 11.3 Å². The van der Waals surface area contributed by atoms with Crippen LogP contribution in [0.3, 0.4) is 0 Å². The highest BCUT2D eigenvalue weighted by Crippen LogP contribution is 2.44. The Labute approximate surface area is 448 Å². The Kier molecular flexibility index (Phi) is 15.0. The molecule has 14 nitrogen and oxygen atoms in total. The van der Waals surface area contributed by atoms with Crippen LogP contribution in [0, 0.1) is 22.9 Å². The molecular formula is C55H54Cl4FN10O4+3. The molecule has 0 bridgehead atoms. The standard InChI is InChI=1S/C21H27Cl2N3O.C17H12Cl2N4.C17H15FN3O3/c1-21(25(2,3)4)20(27)24-19(15-9-7-8-10-17(15)23)16-13-14(22)11-12-18(16)26(21,5)6;1-10-21-22-16-9-20-17(12-4-2-3-5-14(12)19)13-8-11(18)6-7-15(13)23(10)16;1-21(2)15-8-7-11(20(23)24)9-13(15)17(19-10-16(21)22)12-5-3-4-6-14(12)18/h7-13,20,27H,1-6H3;2-8H,9H2,1H3;3-9H,10H2,1-2H3/q+2;;+1. The molecule has 0 fully saturated rings. The van der Waals surface area contributed by atoms with Crippen LogP contribution in [0.5, 0.6) is 0 Å². The van der Waals surface area contributed by atoms with Crippen LogP contribution in [0.2, 0.25) is 20.1 Å². The number of likely N-dealkylation sites (N-methyl/N-ethyl adjacent to an activating group) is 3. The lowest BCUT2D eigenvalue weighted by molar-refractivity contribution is -0.937. The van der Waals surface area contributed by atoms with E-state index in [0.717, 1.165) is 51.0 Å². The Morgan fingerprint density at radius 2 is 1.22 bits per heavy atom. The van der Waals surface area contributed by atoms with E-state index in [9.17, 15) is 24.4 Å². The quantitative estimate of drug-likeness (QED) is 0.103. The number of aromatic nitrogens is 3. The third-order valence-electron chi connectivity index (χ3n) is 14.2. The van der Waals surface area contributed by atoms with Crippen LogP contribution in [0.1, 0.15) is 52.0 Å². The Morgan fingerprint density at radius 3 is 1.82 bits per heavy atom. The number of nitrogens with zero attached hydrogens (tertiary/aromatic N) is 10. The first-order valence-electron chi connectivity index (χ1n) is 23.3. The molecule has 0 saturated carbocycles. The van der Waals surface area contributed by atoms with Gasteiger partial charge in [-0.25, -0.2) is 23.1 Å². The molecule has 2 unspecified atom stereocenters. The number of aliphatic imine (C=N–C) groups is 3. The summed E-state index contributed by atoms with van der Waals surface area (Å²) in [5.41, 5.74) is 7.58. The number of fused-ring (bicyclic) bond motifs is 5. The van der Waals surface area contributed by atoms with Crippen molar-refractivity contribution in [1.29, 1.82) is 0 Å². The number of benzodiazepines with no additional fused rings is 2. The van der Waals surface area contributed by atoms with Crippen LogP contribution < -0.4 is 8.97 Å². The highest BCUT2D eigenvalue weighted by atomic mass is 35.5. The van der Waals surface area contributed by atoms with E-state index < -0.39 is 22.6 Å². The Balaban J connectivity index is 0.000000148. The van der Waals surface area contributed by atoms with Gasteiger partial charge in [-0.15, -0.1) is 10.2 Å². The molecule has 3 aliphatic rings. The number of amides is 1. The van der Waals surface area contributed by atoms with E-state index in [-0.39, 0.29) is 33.9 Å². The van der Waals surface area contributed by atoms with Crippen molar-refractivity contribution >= 4 is 86.5 Å². The lowest BCUT2D eigenvalue weighted by Gasteiger charge is -2.52. The summed E-state index contributed by atoms with van der Waals surface area (Å²) in [7, 11) is 13.8. The van der Waals surface area contributed by atoms with Crippen molar-refractivity contribution in [2.75, 3.05) is 55.9 Å². The molecule has 4 heterocycles. The molecule has 74 heavy (non-hydrogen) atoms. The van der Waals surface area contributed by atoms with Crippen molar-refractivity contribution in [3.63, 3.8) is 0 Å². The fourth-order valence-electron chi connectivity index (χ4n) is 9.57. The van der Waals surface area contributed by atoms with Crippen LogP contribution in [0.4, 0.5) is 21.5 Å². The number of benzene rings is 6. The number of hydrogen-bond donors (Lipinski definition) is 1. The van der Waals surface area contributed by atoms with E-state index in [1.54, 1.807) is 32.3 Å². The third-order valence-corrected chi connectivity index (χ3v) is 15.3. The number of aliphatic hydroxyl groups excluding tert-OH is 1. The SMILES string of the molecule is CC1([N+](C)(C)C)C(O)N=C(c2ccccc2Cl)c2cc(Cl)ccc2[N+]1(C)C.C[N+]1(C)C(=O)CN=C(c2ccccc2F)c2cc([N+](=O)[O-])ccc21.Cc1nnc2n1-c1ccc(Cl)cc1C(c1ccccc1Cl)=NC2. The number of carbonyl (C=O) groups excluding carboxylic acids is 1. The fraction of sp³-hybridized carbons (Fsp3) is 0.236. The number of halogens is 5. The number of aryl methyl sites for hydroxylation is 1.